The van der Waals surface area contributed by atoms with Gasteiger partial charge in [0.2, 0.25) is 0 Å². The highest BCUT2D eigenvalue weighted by Crippen LogP contribution is 2.14. The molecule has 0 aliphatic carbocycles. The maximum absolute atomic E-state index is 12.2. The van der Waals surface area contributed by atoms with E-state index in [1.807, 2.05) is 6.92 Å². The molecule has 2 heteroatoms. The van der Waals surface area contributed by atoms with Crippen LogP contribution in [0.5, 0.6) is 0 Å². The van der Waals surface area contributed by atoms with Crippen molar-refractivity contribution in [3.63, 3.8) is 0 Å². The van der Waals surface area contributed by atoms with Crippen LogP contribution in [0.2, 0.25) is 0 Å². The van der Waals surface area contributed by atoms with Gasteiger partial charge in [0.1, 0.15) is 0 Å². The molecular weight excluding hydrogens is 146 g/mol. The number of halogens is 2. The molecule has 11 heavy (non-hydrogen) atoms. The Morgan fingerprint density at radius 2 is 1.91 bits per heavy atom. The van der Waals surface area contributed by atoms with Crippen LogP contribution < -0.4 is 0 Å². The Balaban J connectivity index is 4.38. The first-order valence-electron chi connectivity index (χ1n) is 3.71. The Labute approximate surface area is 66.6 Å². The average Bonchev–Trinajstić information content (AvgIpc) is 1.87. The van der Waals surface area contributed by atoms with Crippen molar-refractivity contribution in [2.75, 3.05) is 0 Å². The monoisotopic (exact) mass is 160 g/mol. The molecule has 0 aromatic carbocycles. The first-order valence-corrected chi connectivity index (χ1v) is 3.71. The van der Waals surface area contributed by atoms with Gasteiger partial charge in [-0.1, -0.05) is 24.6 Å². The SMILES string of the molecule is CCC=CC(=C(C)C)C(F)F. The largest absolute Gasteiger partial charge is 0.263 e. The summed E-state index contributed by atoms with van der Waals surface area (Å²) < 4.78 is 24.3. The molecule has 0 heterocycles. The van der Waals surface area contributed by atoms with E-state index in [9.17, 15) is 8.78 Å². The smallest absolute Gasteiger partial charge is 0.205 e. The topological polar surface area (TPSA) is 0 Å². The van der Waals surface area contributed by atoms with Crippen LogP contribution in [0.1, 0.15) is 27.2 Å². The second kappa shape index (κ2) is 5.05. The van der Waals surface area contributed by atoms with Gasteiger partial charge in [-0.25, -0.2) is 8.78 Å². The fourth-order valence-electron chi connectivity index (χ4n) is 0.702. The third kappa shape index (κ3) is 3.91. The molecule has 0 saturated heterocycles. The van der Waals surface area contributed by atoms with Gasteiger partial charge in [0.25, 0.3) is 6.43 Å². The Kier molecular flexibility index (Phi) is 4.75. The summed E-state index contributed by atoms with van der Waals surface area (Å²) >= 11 is 0. The van der Waals surface area contributed by atoms with Gasteiger partial charge in [0, 0.05) is 5.57 Å². The molecule has 0 rings (SSSR count). The molecule has 0 N–H and O–H groups in total. The number of rotatable bonds is 3. The van der Waals surface area contributed by atoms with E-state index in [0.29, 0.717) is 5.57 Å². The van der Waals surface area contributed by atoms with Gasteiger partial charge in [-0.05, 0) is 20.3 Å². The van der Waals surface area contributed by atoms with Crippen LogP contribution in [0.4, 0.5) is 8.78 Å². The third-order valence-corrected chi connectivity index (χ3v) is 1.35. The van der Waals surface area contributed by atoms with Gasteiger partial charge < -0.3 is 0 Å². The van der Waals surface area contributed by atoms with Crippen molar-refractivity contribution in [3.05, 3.63) is 23.3 Å². The van der Waals surface area contributed by atoms with Gasteiger partial charge >= 0.3 is 0 Å². The molecular formula is C9H14F2. The number of hydrogen-bond donors (Lipinski definition) is 0. The summed E-state index contributed by atoms with van der Waals surface area (Å²) in [5.74, 6) is 0. The van der Waals surface area contributed by atoms with E-state index < -0.39 is 6.43 Å². The molecule has 0 radical (unpaired) electrons. The van der Waals surface area contributed by atoms with Crippen molar-refractivity contribution in [1.29, 1.82) is 0 Å². The van der Waals surface area contributed by atoms with Crippen molar-refractivity contribution in [2.45, 2.75) is 33.6 Å². The van der Waals surface area contributed by atoms with E-state index in [1.165, 1.54) is 6.08 Å². The second-order valence-electron chi connectivity index (χ2n) is 2.57. The molecule has 0 fully saturated rings. The van der Waals surface area contributed by atoms with Crippen molar-refractivity contribution in [1.82, 2.24) is 0 Å². The first-order chi connectivity index (χ1) is 5.09. The van der Waals surface area contributed by atoms with E-state index in [2.05, 4.69) is 0 Å². The highest BCUT2D eigenvalue weighted by Gasteiger charge is 2.07. The Bertz CT molecular complexity index is 162. The molecule has 0 unspecified atom stereocenters. The Morgan fingerprint density at radius 3 is 2.18 bits per heavy atom. The minimum absolute atomic E-state index is 0.145. The lowest BCUT2D eigenvalue weighted by molar-refractivity contribution is 0.193. The molecule has 0 atom stereocenters. The van der Waals surface area contributed by atoms with Gasteiger partial charge in [-0.15, -0.1) is 0 Å². The van der Waals surface area contributed by atoms with Crippen LogP contribution in [-0.2, 0) is 0 Å². The van der Waals surface area contributed by atoms with Crippen LogP contribution in [0.15, 0.2) is 23.3 Å². The molecule has 0 aliphatic rings. The molecule has 0 amide bonds. The second-order valence-corrected chi connectivity index (χ2v) is 2.57. The molecule has 0 nitrogen and oxygen atoms in total. The normalized spacial score (nSPS) is 11.1. The average molecular weight is 160 g/mol. The van der Waals surface area contributed by atoms with Crippen LogP contribution in [0, 0.1) is 0 Å². The predicted molar refractivity (Wildman–Crippen MR) is 43.8 cm³/mol. The summed E-state index contributed by atoms with van der Waals surface area (Å²) in [6.45, 7) is 5.31. The van der Waals surface area contributed by atoms with Crippen LogP contribution in [0.3, 0.4) is 0 Å². The van der Waals surface area contributed by atoms with Gasteiger partial charge in [0.05, 0.1) is 0 Å². The zero-order valence-electron chi connectivity index (χ0n) is 7.20. The standard InChI is InChI=1S/C9H14F2/c1-4-5-6-8(7(2)3)9(10)11/h5-6,9H,4H2,1-3H3. The summed E-state index contributed by atoms with van der Waals surface area (Å²) in [4.78, 5) is 0. The maximum atomic E-state index is 12.2. The van der Waals surface area contributed by atoms with Gasteiger partial charge in [0.15, 0.2) is 0 Å². The highest BCUT2D eigenvalue weighted by atomic mass is 19.3. The van der Waals surface area contributed by atoms with E-state index in [0.717, 1.165) is 6.42 Å². The Hall–Kier alpha value is -0.660. The predicted octanol–water partition coefficient (Wildman–Crippen LogP) is 3.55. The van der Waals surface area contributed by atoms with Crippen molar-refractivity contribution in [3.8, 4) is 0 Å². The van der Waals surface area contributed by atoms with Crippen LogP contribution in [0.25, 0.3) is 0 Å². The van der Waals surface area contributed by atoms with Gasteiger partial charge in [-0.2, -0.15) is 0 Å². The van der Waals surface area contributed by atoms with Crippen LogP contribution in [-0.4, -0.2) is 6.43 Å². The fourth-order valence-corrected chi connectivity index (χ4v) is 0.702. The molecule has 0 saturated carbocycles. The van der Waals surface area contributed by atoms with E-state index in [-0.39, 0.29) is 5.57 Å². The first kappa shape index (κ1) is 10.3. The number of allylic oxidation sites excluding steroid dienone is 4. The third-order valence-electron chi connectivity index (χ3n) is 1.35. The zero-order chi connectivity index (χ0) is 8.85. The molecule has 0 aromatic rings. The number of alkyl halides is 2. The summed E-state index contributed by atoms with van der Waals surface area (Å²) in [5.41, 5.74) is 0.830. The summed E-state index contributed by atoms with van der Waals surface area (Å²) in [6.07, 6.45) is 1.70. The van der Waals surface area contributed by atoms with Crippen molar-refractivity contribution >= 4 is 0 Å². The van der Waals surface area contributed by atoms with E-state index >= 15 is 0 Å². The minimum atomic E-state index is -2.34. The summed E-state index contributed by atoms with van der Waals surface area (Å²) in [6, 6.07) is 0. The minimum Gasteiger partial charge on any atom is -0.205 e. The molecule has 0 spiro atoms. The fraction of sp³-hybridized carbons (Fsp3) is 0.556. The summed E-state index contributed by atoms with van der Waals surface area (Å²) in [7, 11) is 0. The van der Waals surface area contributed by atoms with Gasteiger partial charge in [-0.3, -0.25) is 0 Å². The molecule has 0 aromatic heterocycles. The lowest BCUT2D eigenvalue weighted by atomic mass is 10.1. The zero-order valence-corrected chi connectivity index (χ0v) is 7.20. The maximum Gasteiger partial charge on any atom is 0.263 e. The lowest BCUT2D eigenvalue weighted by Crippen LogP contribution is -1.95. The summed E-state index contributed by atoms with van der Waals surface area (Å²) in [5, 5.41) is 0. The lowest BCUT2D eigenvalue weighted by Gasteiger charge is -2.01. The van der Waals surface area contributed by atoms with Crippen molar-refractivity contribution < 1.29 is 8.78 Å². The highest BCUT2D eigenvalue weighted by molar-refractivity contribution is 5.25. The number of hydrogen-bond acceptors (Lipinski definition) is 0. The Morgan fingerprint density at radius 1 is 1.36 bits per heavy atom. The van der Waals surface area contributed by atoms with Crippen molar-refractivity contribution in [2.24, 2.45) is 0 Å². The molecule has 0 bridgehead atoms. The quantitative estimate of drug-likeness (QED) is 0.554. The molecule has 64 valence electrons. The van der Waals surface area contributed by atoms with E-state index in [1.54, 1.807) is 19.9 Å². The van der Waals surface area contributed by atoms with E-state index in [4.69, 9.17) is 0 Å². The molecule has 0 aliphatic heterocycles. The van der Waals surface area contributed by atoms with Crippen LogP contribution >= 0.6 is 0 Å².